The number of hydrogen-bond donors (Lipinski definition) is 2. The molecule has 0 saturated carbocycles. The molecule has 5 heteroatoms. The van der Waals surface area contributed by atoms with E-state index in [2.05, 4.69) is 0 Å². The highest BCUT2D eigenvalue weighted by atomic mass is 16.5. The second-order valence-corrected chi connectivity index (χ2v) is 2.57. The Balaban J connectivity index is 3.42. The summed E-state index contributed by atoms with van der Waals surface area (Å²) in [6, 6.07) is 3.02. The van der Waals surface area contributed by atoms with Crippen LogP contribution in [-0.2, 0) is 0 Å². The van der Waals surface area contributed by atoms with Crippen molar-refractivity contribution >= 4 is 11.7 Å². The highest BCUT2D eigenvalue weighted by Gasteiger charge is 2.18. The van der Waals surface area contributed by atoms with Crippen molar-refractivity contribution in [3.63, 3.8) is 0 Å². The summed E-state index contributed by atoms with van der Waals surface area (Å²) in [5.74, 6) is -0.655. The fourth-order valence-electron chi connectivity index (χ4n) is 1.16. The molecular formula is C9H11NO4. The van der Waals surface area contributed by atoms with Gasteiger partial charge in [0.15, 0.2) is 11.5 Å². The number of nitrogen functional groups attached to an aromatic ring is 1. The number of methoxy groups -OCH3 is 2. The average molecular weight is 197 g/mol. The number of rotatable bonds is 3. The highest BCUT2D eigenvalue weighted by Crippen LogP contribution is 2.34. The van der Waals surface area contributed by atoms with E-state index in [-0.39, 0.29) is 17.0 Å². The number of aromatic carboxylic acids is 1. The molecule has 0 heterocycles. The third kappa shape index (κ3) is 1.56. The first kappa shape index (κ1) is 10.2. The molecule has 0 aliphatic heterocycles. The van der Waals surface area contributed by atoms with E-state index in [4.69, 9.17) is 20.3 Å². The molecule has 0 aromatic heterocycles. The Hall–Kier alpha value is -1.91. The molecule has 0 unspecified atom stereocenters. The van der Waals surface area contributed by atoms with E-state index in [1.165, 1.54) is 20.3 Å². The number of ether oxygens (including phenoxy) is 2. The summed E-state index contributed by atoms with van der Waals surface area (Å²) >= 11 is 0. The molecule has 3 N–H and O–H groups in total. The van der Waals surface area contributed by atoms with Crippen molar-refractivity contribution in [2.75, 3.05) is 20.0 Å². The second kappa shape index (κ2) is 3.87. The zero-order chi connectivity index (χ0) is 10.7. The standard InChI is InChI=1S/C9H11NO4/c1-13-6-4-3-5(10)7(9(11)12)8(6)14-2/h3-4H,10H2,1-2H3,(H,11,12). The van der Waals surface area contributed by atoms with Crippen LogP contribution in [0.2, 0.25) is 0 Å². The Morgan fingerprint density at radius 3 is 2.43 bits per heavy atom. The Morgan fingerprint density at radius 2 is 2.00 bits per heavy atom. The number of anilines is 1. The number of nitrogens with two attached hydrogens (primary N) is 1. The topological polar surface area (TPSA) is 81.8 Å². The molecule has 0 bridgehead atoms. The summed E-state index contributed by atoms with van der Waals surface area (Å²) in [7, 11) is 2.80. The minimum Gasteiger partial charge on any atom is -0.493 e. The molecule has 76 valence electrons. The van der Waals surface area contributed by atoms with Crippen LogP contribution in [0.15, 0.2) is 12.1 Å². The fraction of sp³-hybridized carbons (Fsp3) is 0.222. The van der Waals surface area contributed by atoms with Crippen LogP contribution < -0.4 is 15.2 Å². The normalized spacial score (nSPS) is 9.57. The molecule has 0 spiro atoms. The Kier molecular flexibility index (Phi) is 2.81. The first-order valence-corrected chi connectivity index (χ1v) is 3.85. The molecule has 5 nitrogen and oxygen atoms in total. The van der Waals surface area contributed by atoms with Crippen LogP contribution in [0.3, 0.4) is 0 Å². The third-order valence-electron chi connectivity index (χ3n) is 1.79. The molecule has 0 fully saturated rings. The van der Waals surface area contributed by atoms with Crippen LogP contribution in [-0.4, -0.2) is 25.3 Å². The molecule has 0 atom stereocenters. The monoisotopic (exact) mass is 197 g/mol. The number of carboxylic acids is 1. The maximum atomic E-state index is 10.9. The Morgan fingerprint density at radius 1 is 1.36 bits per heavy atom. The van der Waals surface area contributed by atoms with Crippen molar-refractivity contribution in [2.24, 2.45) is 0 Å². The lowest BCUT2D eigenvalue weighted by molar-refractivity contribution is 0.0694. The van der Waals surface area contributed by atoms with E-state index in [1.54, 1.807) is 6.07 Å². The first-order chi connectivity index (χ1) is 6.61. The Bertz CT molecular complexity index is 362. The average Bonchev–Trinajstić information content (AvgIpc) is 2.16. The van der Waals surface area contributed by atoms with Crippen LogP contribution in [0.5, 0.6) is 11.5 Å². The molecule has 0 amide bonds. The third-order valence-corrected chi connectivity index (χ3v) is 1.79. The van der Waals surface area contributed by atoms with Crippen LogP contribution in [0, 0.1) is 0 Å². The van der Waals surface area contributed by atoms with Gasteiger partial charge in [0.25, 0.3) is 0 Å². The predicted molar refractivity (Wildman–Crippen MR) is 50.9 cm³/mol. The zero-order valence-electron chi connectivity index (χ0n) is 7.90. The second-order valence-electron chi connectivity index (χ2n) is 2.57. The number of carboxylic acid groups (broad SMARTS) is 1. The van der Waals surface area contributed by atoms with Crippen LogP contribution in [0.25, 0.3) is 0 Å². The van der Waals surface area contributed by atoms with E-state index < -0.39 is 5.97 Å². The van der Waals surface area contributed by atoms with Crippen molar-refractivity contribution < 1.29 is 19.4 Å². The number of carbonyl (C=O) groups is 1. The van der Waals surface area contributed by atoms with Crippen LogP contribution in [0.4, 0.5) is 5.69 Å². The molecule has 1 aromatic carbocycles. The molecule has 14 heavy (non-hydrogen) atoms. The molecule has 0 radical (unpaired) electrons. The van der Waals surface area contributed by atoms with E-state index in [0.717, 1.165) is 0 Å². The van der Waals surface area contributed by atoms with E-state index in [9.17, 15) is 4.79 Å². The zero-order valence-corrected chi connectivity index (χ0v) is 7.90. The van der Waals surface area contributed by atoms with Gasteiger partial charge in [0.1, 0.15) is 5.56 Å². The lowest BCUT2D eigenvalue weighted by Crippen LogP contribution is -2.06. The molecule has 1 aromatic rings. The van der Waals surface area contributed by atoms with Gasteiger partial charge < -0.3 is 20.3 Å². The summed E-state index contributed by atoms with van der Waals surface area (Å²) in [5, 5.41) is 8.88. The quantitative estimate of drug-likeness (QED) is 0.706. The molecule has 1 rings (SSSR count). The highest BCUT2D eigenvalue weighted by molar-refractivity contribution is 5.97. The summed E-state index contributed by atoms with van der Waals surface area (Å²) in [4.78, 5) is 10.9. The van der Waals surface area contributed by atoms with Crippen molar-refractivity contribution in [3.05, 3.63) is 17.7 Å². The van der Waals surface area contributed by atoms with Gasteiger partial charge in [0, 0.05) is 0 Å². The van der Waals surface area contributed by atoms with E-state index in [0.29, 0.717) is 5.75 Å². The van der Waals surface area contributed by atoms with Gasteiger partial charge in [-0.15, -0.1) is 0 Å². The largest absolute Gasteiger partial charge is 0.493 e. The number of hydrogen-bond acceptors (Lipinski definition) is 4. The van der Waals surface area contributed by atoms with Crippen LogP contribution >= 0.6 is 0 Å². The van der Waals surface area contributed by atoms with Gasteiger partial charge in [-0.1, -0.05) is 0 Å². The van der Waals surface area contributed by atoms with Gasteiger partial charge in [0.2, 0.25) is 0 Å². The van der Waals surface area contributed by atoms with Gasteiger partial charge >= 0.3 is 5.97 Å². The Labute approximate surface area is 81.0 Å². The minimum absolute atomic E-state index is 0.0770. The summed E-state index contributed by atoms with van der Waals surface area (Å²) < 4.78 is 9.86. The molecular weight excluding hydrogens is 186 g/mol. The number of benzene rings is 1. The molecule has 0 saturated heterocycles. The van der Waals surface area contributed by atoms with Crippen molar-refractivity contribution in [1.29, 1.82) is 0 Å². The lowest BCUT2D eigenvalue weighted by Gasteiger charge is -2.11. The van der Waals surface area contributed by atoms with Gasteiger partial charge in [-0.25, -0.2) is 4.79 Å². The summed E-state index contributed by atoms with van der Waals surface area (Å²) in [5.41, 5.74) is 5.58. The van der Waals surface area contributed by atoms with Gasteiger partial charge in [-0.2, -0.15) is 0 Å². The summed E-state index contributed by atoms with van der Waals surface area (Å²) in [6.07, 6.45) is 0. The molecule has 0 aliphatic rings. The van der Waals surface area contributed by atoms with Gasteiger partial charge in [-0.05, 0) is 12.1 Å². The minimum atomic E-state index is -1.14. The van der Waals surface area contributed by atoms with Crippen molar-refractivity contribution in [3.8, 4) is 11.5 Å². The van der Waals surface area contributed by atoms with Crippen molar-refractivity contribution in [2.45, 2.75) is 0 Å². The fourth-order valence-corrected chi connectivity index (χ4v) is 1.16. The first-order valence-electron chi connectivity index (χ1n) is 3.85. The SMILES string of the molecule is COc1ccc(N)c(C(=O)O)c1OC. The smallest absolute Gasteiger partial charge is 0.341 e. The summed E-state index contributed by atoms with van der Waals surface area (Å²) in [6.45, 7) is 0. The van der Waals surface area contributed by atoms with Crippen molar-refractivity contribution in [1.82, 2.24) is 0 Å². The maximum Gasteiger partial charge on any atom is 0.341 e. The van der Waals surface area contributed by atoms with Gasteiger partial charge in [-0.3, -0.25) is 0 Å². The lowest BCUT2D eigenvalue weighted by atomic mass is 10.1. The van der Waals surface area contributed by atoms with E-state index in [1.807, 2.05) is 0 Å². The van der Waals surface area contributed by atoms with Crippen LogP contribution in [0.1, 0.15) is 10.4 Å². The predicted octanol–water partition coefficient (Wildman–Crippen LogP) is 0.984. The van der Waals surface area contributed by atoms with Gasteiger partial charge in [0.05, 0.1) is 19.9 Å². The van der Waals surface area contributed by atoms with E-state index >= 15 is 0 Å². The maximum absolute atomic E-state index is 10.9. The molecule has 0 aliphatic carbocycles.